The summed E-state index contributed by atoms with van der Waals surface area (Å²) in [6.45, 7) is 7.01. The highest BCUT2D eigenvalue weighted by atomic mass is 16.5. The molecule has 2 aromatic rings. The smallest absolute Gasteiger partial charge is 0.274 e. The summed E-state index contributed by atoms with van der Waals surface area (Å²) < 4.78 is 5.58. The Hall–Kier alpha value is -2.56. The third-order valence-corrected chi connectivity index (χ3v) is 3.34. The largest absolute Gasteiger partial charge is 0.491 e. The molecule has 0 aliphatic rings. The van der Waals surface area contributed by atoms with Gasteiger partial charge >= 0.3 is 0 Å². The summed E-state index contributed by atoms with van der Waals surface area (Å²) in [6.07, 6.45) is 4.06. The molecule has 0 bridgehead atoms. The van der Waals surface area contributed by atoms with Crippen LogP contribution in [0.15, 0.2) is 42.6 Å². The lowest BCUT2D eigenvalue weighted by Gasteiger charge is -2.10. The number of hydrogen-bond donors (Lipinski definition) is 2. The Bertz CT molecular complexity index is 637. The Kier molecular flexibility index (Phi) is 6.61. The summed E-state index contributed by atoms with van der Waals surface area (Å²) in [6, 6.07) is 10.9. The van der Waals surface area contributed by atoms with E-state index in [1.54, 1.807) is 12.3 Å². The van der Waals surface area contributed by atoms with Gasteiger partial charge in [-0.2, -0.15) is 0 Å². The Labute approximate surface area is 143 Å². The topological polar surface area (TPSA) is 63.2 Å². The fourth-order valence-electron chi connectivity index (χ4n) is 2.13. The minimum Gasteiger partial charge on any atom is -0.491 e. The third-order valence-electron chi connectivity index (χ3n) is 3.34. The molecule has 1 aromatic carbocycles. The standard InChI is InChI=1S/C19H25N3O2/c1-4-5-12-20-16-8-11-18(21-13-16)19(23)22-15-6-9-17(10-7-15)24-14(2)3/h6-11,13-14,20H,4-5,12H2,1-3H3,(H,22,23). The van der Waals surface area contributed by atoms with Gasteiger partial charge in [0.15, 0.2) is 0 Å². The predicted molar refractivity (Wildman–Crippen MR) is 97.8 cm³/mol. The van der Waals surface area contributed by atoms with Crippen molar-refractivity contribution in [3.8, 4) is 5.75 Å². The predicted octanol–water partition coefficient (Wildman–Crippen LogP) is 4.33. The van der Waals surface area contributed by atoms with E-state index in [0.29, 0.717) is 11.4 Å². The third kappa shape index (κ3) is 5.57. The summed E-state index contributed by atoms with van der Waals surface area (Å²) in [4.78, 5) is 16.4. The number of hydrogen-bond acceptors (Lipinski definition) is 4. The molecule has 0 radical (unpaired) electrons. The zero-order valence-corrected chi connectivity index (χ0v) is 14.5. The molecule has 0 spiro atoms. The van der Waals surface area contributed by atoms with Crippen molar-refractivity contribution in [3.63, 3.8) is 0 Å². The zero-order valence-electron chi connectivity index (χ0n) is 14.5. The number of pyridine rings is 1. The maximum absolute atomic E-state index is 12.2. The fraction of sp³-hybridized carbons (Fsp3) is 0.368. The highest BCUT2D eigenvalue weighted by molar-refractivity contribution is 6.02. The van der Waals surface area contributed by atoms with Crippen molar-refractivity contribution in [2.75, 3.05) is 17.2 Å². The van der Waals surface area contributed by atoms with Crippen LogP contribution in [0, 0.1) is 0 Å². The number of anilines is 2. The van der Waals surface area contributed by atoms with E-state index in [1.807, 2.05) is 44.2 Å². The van der Waals surface area contributed by atoms with Gasteiger partial charge in [-0.15, -0.1) is 0 Å². The van der Waals surface area contributed by atoms with Crippen molar-refractivity contribution in [2.45, 2.75) is 39.7 Å². The molecule has 0 unspecified atom stereocenters. The van der Waals surface area contributed by atoms with E-state index < -0.39 is 0 Å². The first kappa shape index (κ1) is 17.8. The number of amides is 1. The molecule has 1 heterocycles. The van der Waals surface area contributed by atoms with Crippen LogP contribution in [0.2, 0.25) is 0 Å². The molecule has 0 fully saturated rings. The van der Waals surface area contributed by atoms with Crippen LogP contribution in [0.4, 0.5) is 11.4 Å². The number of benzene rings is 1. The second-order valence-corrected chi connectivity index (χ2v) is 5.86. The molecule has 1 aromatic heterocycles. The van der Waals surface area contributed by atoms with Gasteiger partial charge in [-0.05, 0) is 56.7 Å². The maximum atomic E-state index is 12.2. The molecule has 0 saturated carbocycles. The first-order valence-corrected chi connectivity index (χ1v) is 8.36. The van der Waals surface area contributed by atoms with Gasteiger partial charge in [0.2, 0.25) is 0 Å². The Balaban J connectivity index is 1.91. The zero-order chi connectivity index (χ0) is 17.4. The van der Waals surface area contributed by atoms with Crippen molar-refractivity contribution < 1.29 is 9.53 Å². The second-order valence-electron chi connectivity index (χ2n) is 5.86. The quantitative estimate of drug-likeness (QED) is 0.708. The summed E-state index contributed by atoms with van der Waals surface area (Å²) in [5, 5.41) is 6.11. The van der Waals surface area contributed by atoms with E-state index in [1.165, 1.54) is 0 Å². The van der Waals surface area contributed by atoms with E-state index in [4.69, 9.17) is 4.74 Å². The van der Waals surface area contributed by atoms with Crippen LogP contribution < -0.4 is 15.4 Å². The number of rotatable bonds is 8. The summed E-state index contributed by atoms with van der Waals surface area (Å²) in [5.74, 6) is 0.552. The van der Waals surface area contributed by atoms with Crippen LogP contribution in [-0.2, 0) is 0 Å². The first-order valence-electron chi connectivity index (χ1n) is 8.36. The van der Waals surface area contributed by atoms with Gasteiger partial charge in [0.05, 0.1) is 18.0 Å². The van der Waals surface area contributed by atoms with Crippen LogP contribution in [-0.4, -0.2) is 23.5 Å². The summed E-state index contributed by atoms with van der Waals surface area (Å²) in [5.41, 5.74) is 2.02. The SMILES string of the molecule is CCCCNc1ccc(C(=O)Nc2ccc(OC(C)C)cc2)nc1. The average molecular weight is 327 g/mol. The van der Waals surface area contributed by atoms with E-state index in [0.717, 1.165) is 30.8 Å². The molecule has 2 rings (SSSR count). The van der Waals surface area contributed by atoms with E-state index in [-0.39, 0.29) is 12.0 Å². The number of unbranched alkanes of at least 4 members (excludes halogenated alkanes) is 1. The van der Waals surface area contributed by atoms with Gasteiger partial charge < -0.3 is 15.4 Å². The van der Waals surface area contributed by atoms with Gasteiger partial charge in [-0.25, -0.2) is 4.98 Å². The molecule has 0 saturated heterocycles. The highest BCUT2D eigenvalue weighted by Gasteiger charge is 2.08. The van der Waals surface area contributed by atoms with Crippen molar-refractivity contribution in [2.24, 2.45) is 0 Å². The molecule has 2 N–H and O–H groups in total. The average Bonchev–Trinajstić information content (AvgIpc) is 2.57. The Morgan fingerprint density at radius 1 is 1.12 bits per heavy atom. The number of nitrogens with zero attached hydrogens (tertiary/aromatic N) is 1. The second kappa shape index (κ2) is 8.91. The van der Waals surface area contributed by atoms with E-state index >= 15 is 0 Å². The van der Waals surface area contributed by atoms with Crippen molar-refractivity contribution in [3.05, 3.63) is 48.3 Å². The minimum atomic E-state index is -0.229. The van der Waals surface area contributed by atoms with Crippen LogP contribution in [0.25, 0.3) is 0 Å². The number of carbonyl (C=O) groups is 1. The van der Waals surface area contributed by atoms with Gasteiger partial charge in [0, 0.05) is 12.2 Å². The molecule has 0 atom stereocenters. The molecule has 0 aliphatic heterocycles. The van der Waals surface area contributed by atoms with Crippen molar-refractivity contribution >= 4 is 17.3 Å². The summed E-state index contributed by atoms with van der Waals surface area (Å²) >= 11 is 0. The van der Waals surface area contributed by atoms with Crippen molar-refractivity contribution in [1.82, 2.24) is 4.98 Å². The Morgan fingerprint density at radius 2 is 1.83 bits per heavy atom. The molecule has 5 nitrogen and oxygen atoms in total. The summed E-state index contributed by atoms with van der Waals surface area (Å²) in [7, 11) is 0. The lowest BCUT2D eigenvalue weighted by Crippen LogP contribution is -2.14. The number of ether oxygens (including phenoxy) is 1. The molecule has 24 heavy (non-hydrogen) atoms. The van der Waals surface area contributed by atoms with Crippen LogP contribution in [0.1, 0.15) is 44.1 Å². The van der Waals surface area contributed by atoms with Crippen LogP contribution >= 0.6 is 0 Å². The molecule has 5 heteroatoms. The number of aromatic nitrogens is 1. The van der Waals surface area contributed by atoms with Crippen LogP contribution in [0.5, 0.6) is 5.75 Å². The monoisotopic (exact) mass is 327 g/mol. The lowest BCUT2D eigenvalue weighted by molar-refractivity contribution is 0.102. The molecule has 1 amide bonds. The molecular formula is C19H25N3O2. The van der Waals surface area contributed by atoms with Gasteiger partial charge in [-0.3, -0.25) is 4.79 Å². The van der Waals surface area contributed by atoms with Gasteiger partial charge in [0.25, 0.3) is 5.91 Å². The molecule has 128 valence electrons. The molecule has 0 aliphatic carbocycles. The minimum absolute atomic E-state index is 0.124. The normalized spacial score (nSPS) is 10.5. The van der Waals surface area contributed by atoms with Gasteiger partial charge in [0.1, 0.15) is 11.4 Å². The fourth-order valence-corrected chi connectivity index (χ4v) is 2.13. The number of nitrogens with one attached hydrogen (secondary N) is 2. The van der Waals surface area contributed by atoms with Crippen LogP contribution in [0.3, 0.4) is 0 Å². The van der Waals surface area contributed by atoms with Crippen molar-refractivity contribution in [1.29, 1.82) is 0 Å². The number of carbonyl (C=O) groups excluding carboxylic acids is 1. The lowest BCUT2D eigenvalue weighted by atomic mass is 10.2. The first-order chi connectivity index (χ1) is 11.6. The molecular weight excluding hydrogens is 302 g/mol. The maximum Gasteiger partial charge on any atom is 0.274 e. The highest BCUT2D eigenvalue weighted by Crippen LogP contribution is 2.17. The van der Waals surface area contributed by atoms with E-state index in [9.17, 15) is 4.79 Å². The van der Waals surface area contributed by atoms with E-state index in [2.05, 4.69) is 22.5 Å². The van der Waals surface area contributed by atoms with Gasteiger partial charge in [-0.1, -0.05) is 13.3 Å². The Morgan fingerprint density at radius 3 is 2.42 bits per heavy atom.